The number of carbonyl (C=O) groups excluding carboxylic acids is 2. The molecule has 0 saturated carbocycles. The van der Waals surface area contributed by atoms with Crippen molar-refractivity contribution in [1.29, 1.82) is 0 Å². The Kier molecular flexibility index (Phi) is 6.16. The van der Waals surface area contributed by atoms with Gasteiger partial charge in [0.1, 0.15) is 0 Å². The Morgan fingerprint density at radius 3 is 2.65 bits per heavy atom. The molecule has 0 fully saturated rings. The second kappa shape index (κ2) is 8.11. The smallest absolute Gasteiger partial charge is 0.307 e. The Hall–Kier alpha value is -1.88. The summed E-state index contributed by atoms with van der Waals surface area (Å²) in [5.74, 6) is -0.281. The largest absolute Gasteiger partial charge is 0.466 e. The fraction of sp³-hybridized carbons (Fsp3) is 0.444. The summed E-state index contributed by atoms with van der Waals surface area (Å²) in [6.45, 7) is 4.64. The van der Waals surface area contributed by atoms with E-state index in [2.05, 4.69) is 19.1 Å². The van der Waals surface area contributed by atoms with Gasteiger partial charge in [0.05, 0.1) is 17.9 Å². The van der Waals surface area contributed by atoms with Gasteiger partial charge < -0.3 is 9.64 Å². The molecule has 0 aliphatic heterocycles. The van der Waals surface area contributed by atoms with E-state index in [0.29, 0.717) is 13.2 Å². The first kappa shape index (κ1) is 17.5. The molecule has 0 N–H and O–H groups in total. The lowest BCUT2D eigenvalue weighted by Crippen LogP contribution is -2.29. The SMILES string of the molecule is CCCc1c(C(=O)N(C)CCC(=O)OCC)sc2ccccc12. The predicted octanol–water partition coefficient (Wildman–Crippen LogP) is 3.88. The lowest BCUT2D eigenvalue weighted by atomic mass is 10.1. The Morgan fingerprint density at radius 2 is 1.96 bits per heavy atom. The molecule has 0 bridgehead atoms. The average molecular weight is 333 g/mol. The molecule has 0 spiro atoms. The van der Waals surface area contributed by atoms with Crippen LogP contribution in [0, 0.1) is 0 Å². The zero-order valence-corrected chi connectivity index (χ0v) is 14.7. The van der Waals surface area contributed by atoms with Crippen LogP contribution in [0.3, 0.4) is 0 Å². The molecule has 0 radical (unpaired) electrons. The van der Waals surface area contributed by atoms with E-state index >= 15 is 0 Å². The van der Waals surface area contributed by atoms with E-state index in [9.17, 15) is 9.59 Å². The molecule has 23 heavy (non-hydrogen) atoms. The van der Waals surface area contributed by atoms with Gasteiger partial charge >= 0.3 is 5.97 Å². The number of thiophene rings is 1. The highest BCUT2D eigenvalue weighted by molar-refractivity contribution is 7.21. The van der Waals surface area contributed by atoms with Crippen LogP contribution < -0.4 is 0 Å². The summed E-state index contributed by atoms with van der Waals surface area (Å²) in [5.41, 5.74) is 1.13. The number of aryl methyl sites for hydroxylation is 1. The van der Waals surface area contributed by atoms with E-state index in [1.807, 2.05) is 12.1 Å². The Morgan fingerprint density at radius 1 is 1.22 bits per heavy atom. The average Bonchev–Trinajstić information content (AvgIpc) is 2.91. The molecule has 0 aliphatic rings. The summed E-state index contributed by atoms with van der Waals surface area (Å²) in [4.78, 5) is 26.6. The second-order valence-electron chi connectivity index (χ2n) is 5.44. The van der Waals surface area contributed by atoms with Crippen LogP contribution >= 0.6 is 11.3 Å². The van der Waals surface area contributed by atoms with Crippen molar-refractivity contribution in [2.75, 3.05) is 20.2 Å². The molecule has 124 valence electrons. The number of esters is 1. The first-order valence-corrected chi connectivity index (χ1v) is 8.81. The summed E-state index contributed by atoms with van der Waals surface area (Å²) in [6.07, 6.45) is 2.11. The third-order valence-corrected chi connectivity index (χ3v) is 4.90. The molecule has 5 heteroatoms. The zero-order valence-electron chi connectivity index (χ0n) is 13.9. The van der Waals surface area contributed by atoms with E-state index in [1.54, 1.807) is 18.9 Å². The fourth-order valence-electron chi connectivity index (χ4n) is 2.54. The molecule has 2 rings (SSSR count). The number of nitrogens with zero attached hydrogens (tertiary/aromatic N) is 1. The van der Waals surface area contributed by atoms with Gasteiger partial charge in [0.2, 0.25) is 0 Å². The van der Waals surface area contributed by atoms with Crippen molar-refractivity contribution in [3.63, 3.8) is 0 Å². The summed E-state index contributed by atoms with van der Waals surface area (Å²) in [5, 5.41) is 1.17. The van der Waals surface area contributed by atoms with E-state index in [1.165, 1.54) is 16.7 Å². The maximum absolute atomic E-state index is 12.8. The highest BCUT2D eigenvalue weighted by Gasteiger charge is 2.21. The van der Waals surface area contributed by atoms with Crippen molar-refractivity contribution in [2.24, 2.45) is 0 Å². The summed E-state index contributed by atoms with van der Waals surface area (Å²) in [7, 11) is 1.74. The Labute approximate surface area is 141 Å². The normalized spacial score (nSPS) is 10.7. The molecule has 0 unspecified atom stereocenters. The number of fused-ring (bicyclic) bond motifs is 1. The van der Waals surface area contributed by atoms with E-state index in [4.69, 9.17) is 4.74 Å². The monoisotopic (exact) mass is 333 g/mol. The Balaban J connectivity index is 2.19. The van der Waals surface area contributed by atoms with Crippen LogP contribution in [0.15, 0.2) is 24.3 Å². The highest BCUT2D eigenvalue weighted by atomic mass is 32.1. The predicted molar refractivity (Wildman–Crippen MR) is 94.0 cm³/mol. The topological polar surface area (TPSA) is 46.6 Å². The molecular weight excluding hydrogens is 310 g/mol. The zero-order chi connectivity index (χ0) is 16.8. The van der Waals surface area contributed by atoms with Crippen LogP contribution in [0.5, 0.6) is 0 Å². The van der Waals surface area contributed by atoms with E-state index < -0.39 is 0 Å². The third kappa shape index (κ3) is 4.10. The molecule has 2 aromatic rings. The molecule has 1 aromatic carbocycles. The molecule has 1 amide bonds. The van der Waals surface area contributed by atoms with Gasteiger partial charge in [-0.1, -0.05) is 31.5 Å². The van der Waals surface area contributed by atoms with Crippen LogP contribution in [0.25, 0.3) is 10.1 Å². The molecule has 0 atom stereocenters. The molecular formula is C18H23NO3S. The minimum Gasteiger partial charge on any atom is -0.466 e. The van der Waals surface area contributed by atoms with Crippen LogP contribution in [-0.2, 0) is 16.0 Å². The number of rotatable bonds is 7. The Bertz CT molecular complexity index is 693. The van der Waals surface area contributed by atoms with Gasteiger partial charge in [-0.2, -0.15) is 0 Å². The molecule has 1 heterocycles. The fourth-order valence-corrected chi connectivity index (χ4v) is 3.78. The van der Waals surface area contributed by atoms with Crippen LogP contribution in [-0.4, -0.2) is 37.0 Å². The van der Waals surface area contributed by atoms with Crippen LogP contribution in [0.1, 0.15) is 41.9 Å². The van der Waals surface area contributed by atoms with Gasteiger partial charge in [-0.15, -0.1) is 11.3 Å². The first-order valence-electron chi connectivity index (χ1n) is 8.00. The molecule has 1 aromatic heterocycles. The number of benzene rings is 1. The van der Waals surface area contributed by atoms with Gasteiger partial charge in [-0.25, -0.2) is 0 Å². The van der Waals surface area contributed by atoms with Crippen LogP contribution in [0.4, 0.5) is 0 Å². The number of ether oxygens (including phenoxy) is 1. The molecule has 0 saturated heterocycles. The molecule has 0 aliphatic carbocycles. The van der Waals surface area contributed by atoms with Crippen LogP contribution in [0.2, 0.25) is 0 Å². The highest BCUT2D eigenvalue weighted by Crippen LogP contribution is 2.33. The minimum absolute atomic E-state index is 0.0149. The van der Waals surface area contributed by atoms with Gasteiger partial charge in [0.15, 0.2) is 0 Å². The number of amides is 1. The third-order valence-electron chi connectivity index (χ3n) is 3.70. The number of carbonyl (C=O) groups is 2. The van der Waals surface area contributed by atoms with Gasteiger partial charge in [0, 0.05) is 18.3 Å². The summed E-state index contributed by atoms with van der Waals surface area (Å²) >= 11 is 1.54. The summed E-state index contributed by atoms with van der Waals surface area (Å²) < 4.78 is 6.05. The van der Waals surface area contributed by atoms with E-state index in [-0.39, 0.29) is 18.3 Å². The quantitative estimate of drug-likeness (QED) is 0.722. The summed E-state index contributed by atoms with van der Waals surface area (Å²) in [6, 6.07) is 8.13. The maximum Gasteiger partial charge on any atom is 0.307 e. The van der Waals surface area contributed by atoms with Gasteiger partial charge in [-0.05, 0) is 30.4 Å². The second-order valence-corrected chi connectivity index (χ2v) is 6.49. The number of hydrogen-bond acceptors (Lipinski definition) is 4. The minimum atomic E-state index is -0.266. The van der Waals surface area contributed by atoms with Gasteiger partial charge in [-0.3, -0.25) is 9.59 Å². The van der Waals surface area contributed by atoms with E-state index in [0.717, 1.165) is 28.0 Å². The lowest BCUT2D eigenvalue weighted by Gasteiger charge is -2.16. The lowest BCUT2D eigenvalue weighted by molar-refractivity contribution is -0.143. The van der Waals surface area contributed by atoms with Crippen molar-refractivity contribution in [1.82, 2.24) is 4.90 Å². The van der Waals surface area contributed by atoms with Crippen molar-refractivity contribution in [3.05, 3.63) is 34.7 Å². The van der Waals surface area contributed by atoms with Crippen molar-refractivity contribution in [2.45, 2.75) is 33.1 Å². The molecule has 4 nitrogen and oxygen atoms in total. The van der Waals surface area contributed by atoms with Crippen molar-refractivity contribution in [3.8, 4) is 0 Å². The maximum atomic E-state index is 12.8. The number of hydrogen-bond donors (Lipinski definition) is 0. The van der Waals surface area contributed by atoms with Gasteiger partial charge in [0.25, 0.3) is 5.91 Å². The first-order chi connectivity index (χ1) is 11.1. The van der Waals surface area contributed by atoms with Crippen molar-refractivity contribution >= 4 is 33.3 Å². The van der Waals surface area contributed by atoms with Crippen molar-refractivity contribution < 1.29 is 14.3 Å². The standard InChI is InChI=1S/C18H23NO3S/c1-4-8-14-13-9-6-7-10-15(13)23-17(14)18(21)19(3)12-11-16(20)22-5-2/h6-7,9-10H,4-5,8,11-12H2,1-3H3.